The van der Waals surface area contributed by atoms with Crippen LogP contribution in [0.2, 0.25) is 0 Å². The highest BCUT2D eigenvalue weighted by Crippen LogP contribution is 2.34. The fourth-order valence-electron chi connectivity index (χ4n) is 2.27. The summed E-state index contributed by atoms with van der Waals surface area (Å²) in [7, 11) is 0. The summed E-state index contributed by atoms with van der Waals surface area (Å²) in [5, 5.41) is 11.1. The average Bonchev–Trinajstić information content (AvgIpc) is 2.44. The van der Waals surface area contributed by atoms with E-state index in [-0.39, 0.29) is 5.78 Å². The molecule has 0 fully saturated rings. The van der Waals surface area contributed by atoms with Gasteiger partial charge in [0.15, 0.2) is 12.0 Å². The van der Waals surface area contributed by atoms with Crippen molar-refractivity contribution < 1.29 is 14.3 Å². The van der Waals surface area contributed by atoms with E-state index in [2.05, 4.69) is 0 Å². The van der Waals surface area contributed by atoms with Gasteiger partial charge in [-0.15, -0.1) is 16.3 Å². The van der Waals surface area contributed by atoms with Crippen molar-refractivity contribution in [2.45, 2.75) is 18.7 Å². The molecule has 2 heterocycles. The highest BCUT2D eigenvalue weighted by atomic mass is 35.5. The SMILES string of the molecule is CC(Cl)C(=O)c1ccc2c(c1)Cc1ccc[n+]([O-])c1O2. The highest BCUT2D eigenvalue weighted by molar-refractivity contribution is 6.33. The van der Waals surface area contributed by atoms with E-state index in [1.165, 1.54) is 6.20 Å². The molecule has 2 aromatic rings. The molecule has 0 aliphatic carbocycles. The molecule has 0 bridgehead atoms. The van der Waals surface area contributed by atoms with E-state index in [1.54, 1.807) is 31.2 Å². The number of hydrogen-bond donors (Lipinski definition) is 0. The second kappa shape index (κ2) is 4.80. The number of alkyl halides is 1. The van der Waals surface area contributed by atoms with Crippen LogP contribution >= 0.6 is 11.6 Å². The summed E-state index contributed by atoms with van der Waals surface area (Å²) in [6.07, 6.45) is 1.96. The van der Waals surface area contributed by atoms with Gasteiger partial charge < -0.3 is 9.94 Å². The van der Waals surface area contributed by atoms with Crippen LogP contribution in [-0.4, -0.2) is 11.2 Å². The first-order chi connectivity index (χ1) is 9.56. The summed E-state index contributed by atoms with van der Waals surface area (Å²) < 4.78 is 6.32. The van der Waals surface area contributed by atoms with Crippen molar-refractivity contribution in [3.8, 4) is 11.6 Å². The molecule has 0 spiro atoms. The zero-order chi connectivity index (χ0) is 14.3. The summed E-state index contributed by atoms with van der Waals surface area (Å²) in [6, 6.07) is 8.67. The summed E-state index contributed by atoms with van der Waals surface area (Å²) in [5.74, 6) is 0.782. The molecular formula is C15H12ClNO3. The third-order valence-corrected chi connectivity index (χ3v) is 3.49. The van der Waals surface area contributed by atoms with Crippen LogP contribution in [-0.2, 0) is 6.42 Å². The molecule has 0 saturated carbocycles. The zero-order valence-electron chi connectivity index (χ0n) is 10.8. The maximum absolute atomic E-state index is 11.9. The Kier molecular flexibility index (Phi) is 3.10. The van der Waals surface area contributed by atoms with Gasteiger partial charge in [-0.25, -0.2) is 0 Å². The average molecular weight is 290 g/mol. The first-order valence-electron chi connectivity index (χ1n) is 6.26. The lowest BCUT2D eigenvalue weighted by Crippen LogP contribution is -2.30. The quantitative estimate of drug-likeness (QED) is 0.315. The molecule has 102 valence electrons. The van der Waals surface area contributed by atoms with Crippen molar-refractivity contribution >= 4 is 17.4 Å². The molecule has 1 aromatic carbocycles. The van der Waals surface area contributed by atoms with Crippen LogP contribution in [0.5, 0.6) is 11.6 Å². The van der Waals surface area contributed by atoms with Gasteiger partial charge in [-0.1, -0.05) is 0 Å². The van der Waals surface area contributed by atoms with Crippen LogP contribution in [0.25, 0.3) is 0 Å². The minimum absolute atomic E-state index is 0.118. The first kappa shape index (κ1) is 12.9. The lowest BCUT2D eigenvalue weighted by atomic mass is 9.98. The second-order valence-electron chi connectivity index (χ2n) is 4.75. The fraction of sp³-hybridized carbons (Fsp3) is 0.200. The number of pyridine rings is 1. The number of rotatable bonds is 2. The Morgan fingerprint density at radius 3 is 2.95 bits per heavy atom. The molecule has 1 aromatic heterocycles. The van der Waals surface area contributed by atoms with Crippen LogP contribution in [0.4, 0.5) is 0 Å². The molecule has 1 aliphatic rings. The van der Waals surface area contributed by atoms with E-state index in [0.29, 0.717) is 28.3 Å². The molecule has 0 saturated heterocycles. The zero-order valence-corrected chi connectivity index (χ0v) is 11.6. The van der Waals surface area contributed by atoms with Gasteiger partial charge in [-0.05, 0) is 31.2 Å². The Morgan fingerprint density at radius 1 is 1.40 bits per heavy atom. The normalized spacial score (nSPS) is 13.9. The van der Waals surface area contributed by atoms with E-state index in [1.807, 2.05) is 6.07 Å². The van der Waals surface area contributed by atoms with Gasteiger partial charge in [0, 0.05) is 23.6 Å². The Bertz CT molecular complexity index is 698. The predicted octanol–water partition coefficient (Wildman–Crippen LogP) is 2.83. The molecule has 0 N–H and O–H groups in total. The Morgan fingerprint density at radius 2 is 2.20 bits per heavy atom. The fourth-order valence-corrected chi connectivity index (χ4v) is 2.40. The largest absolute Gasteiger partial charge is 0.616 e. The second-order valence-corrected chi connectivity index (χ2v) is 5.40. The maximum atomic E-state index is 11.9. The lowest BCUT2D eigenvalue weighted by molar-refractivity contribution is -0.611. The number of halogens is 1. The van der Waals surface area contributed by atoms with E-state index in [0.717, 1.165) is 11.1 Å². The molecule has 3 rings (SSSR count). The number of carbonyl (C=O) groups excluding carboxylic acids is 1. The smallest absolute Gasteiger partial charge is 0.388 e. The van der Waals surface area contributed by atoms with Crippen LogP contribution in [0.3, 0.4) is 0 Å². The van der Waals surface area contributed by atoms with Crippen molar-refractivity contribution in [2.24, 2.45) is 0 Å². The third-order valence-electron chi connectivity index (χ3n) is 3.29. The molecule has 1 atom stereocenters. The van der Waals surface area contributed by atoms with Crippen LogP contribution < -0.4 is 9.47 Å². The molecular weight excluding hydrogens is 278 g/mol. The Hall–Kier alpha value is -2.07. The van der Waals surface area contributed by atoms with Crippen LogP contribution in [0, 0.1) is 5.21 Å². The topological polar surface area (TPSA) is 53.2 Å². The van der Waals surface area contributed by atoms with Gasteiger partial charge in [0.2, 0.25) is 0 Å². The summed E-state index contributed by atoms with van der Waals surface area (Å²) in [6.45, 7) is 1.65. The van der Waals surface area contributed by atoms with Gasteiger partial charge in [0.05, 0.1) is 10.9 Å². The Balaban J connectivity index is 2.00. The van der Waals surface area contributed by atoms with Gasteiger partial charge in [0.1, 0.15) is 5.75 Å². The van der Waals surface area contributed by atoms with Crippen molar-refractivity contribution in [3.05, 3.63) is 58.4 Å². The van der Waals surface area contributed by atoms with Crippen molar-refractivity contribution in [1.29, 1.82) is 0 Å². The minimum Gasteiger partial charge on any atom is -0.616 e. The summed E-state index contributed by atoms with van der Waals surface area (Å²) in [4.78, 5) is 11.9. The number of aromatic nitrogens is 1. The minimum atomic E-state index is -0.561. The molecule has 4 nitrogen and oxygen atoms in total. The summed E-state index contributed by atoms with van der Waals surface area (Å²) >= 11 is 5.82. The molecule has 1 unspecified atom stereocenters. The van der Waals surface area contributed by atoms with Crippen molar-refractivity contribution in [1.82, 2.24) is 0 Å². The van der Waals surface area contributed by atoms with Crippen LogP contribution in [0.1, 0.15) is 28.4 Å². The van der Waals surface area contributed by atoms with Gasteiger partial charge in [-0.3, -0.25) is 4.79 Å². The Labute approximate surface area is 121 Å². The number of carbonyl (C=O) groups is 1. The standard InChI is InChI=1S/C15H12ClNO3/c1-9(16)14(18)10-4-5-13-12(7-10)8-11-3-2-6-17(19)15(11)20-13/h2-7,9H,8H2,1H3. The third kappa shape index (κ3) is 2.12. The number of ether oxygens (including phenoxy) is 1. The number of Topliss-reactive ketones (excluding diaryl/α,β-unsaturated/α-hetero) is 1. The van der Waals surface area contributed by atoms with Crippen molar-refractivity contribution in [3.63, 3.8) is 0 Å². The molecule has 0 amide bonds. The lowest BCUT2D eigenvalue weighted by Gasteiger charge is -2.18. The first-order valence-corrected chi connectivity index (χ1v) is 6.70. The van der Waals surface area contributed by atoms with E-state index in [9.17, 15) is 10.0 Å². The van der Waals surface area contributed by atoms with E-state index in [4.69, 9.17) is 16.3 Å². The van der Waals surface area contributed by atoms with Crippen LogP contribution in [0.15, 0.2) is 36.5 Å². The number of fused-ring (bicyclic) bond motifs is 2. The number of nitrogens with zero attached hydrogens (tertiary/aromatic N) is 1. The monoisotopic (exact) mass is 289 g/mol. The molecule has 0 radical (unpaired) electrons. The predicted molar refractivity (Wildman–Crippen MR) is 74.4 cm³/mol. The number of ketones is 1. The van der Waals surface area contributed by atoms with Crippen molar-refractivity contribution in [2.75, 3.05) is 0 Å². The maximum Gasteiger partial charge on any atom is 0.388 e. The van der Waals surface area contributed by atoms with Gasteiger partial charge >= 0.3 is 5.88 Å². The summed E-state index contributed by atoms with van der Waals surface area (Å²) in [5.41, 5.74) is 2.25. The number of benzene rings is 1. The molecule has 1 aliphatic heterocycles. The van der Waals surface area contributed by atoms with Gasteiger partial charge in [0.25, 0.3) is 0 Å². The molecule has 5 heteroatoms. The van der Waals surface area contributed by atoms with E-state index >= 15 is 0 Å². The molecule has 20 heavy (non-hydrogen) atoms. The number of hydrogen-bond acceptors (Lipinski definition) is 3. The highest BCUT2D eigenvalue weighted by Gasteiger charge is 2.24. The van der Waals surface area contributed by atoms with Gasteiger partial charge in [-0.2, -0.15) is 0 Å². The van der Waals surface area contributed by atoms with E-state index < -0.39 is 5.38 Å².